The van der Waals surface area contributed by atoms with Crippen molar-refractivity contribution < 1.29 is 43.0 Å². The third kappa shape index (κ3) is 12.9. The summed E-state index contributed by atoms with van der Waals surface area (Å²) in [5.41, 5.74) is 5.73. The zero-order valence-electron chi connectivity index (χ0n) is 29.3. The molecule has 2 atom stereocenters. The summed E-state index contributed by atoms with van der Waals surface area (Å²) in [6.45, 7) is 3.69. The molecule has 0 aromatic carbocycles. The molecular formula is C34H51N5O9S2. The van der Waals surface area contributed by atoms with E-state index >= 15 is 0 Å². The quantitative estimate of drug-likeness (QED) is 0.0367. The molecule has 1 aromatic rings. The number of oxime groups is 1. The second kappa shape index (κ2) is 22.2. The first-order valence-corrected chi connectivity index (χ1v) is 19.4. The molecule has 1 unspecified atom stereocenters. The first-order chi connectivity index (χ1) is 24.2. The van der Waals surface area contributed by atoms with Crippen molar-refractivity contribution in [3.05, 3.63) is 22.8 Å². The number of ether oxygens (including phenoxy) is 3. The first-order valence-electron chi connectivity index (χ1n) is 17.5. The number of amides is 2. The van der Waals surface area contributed by atoms with Crippen LogP contribution >= 0.6 is 23.1 Å². The van der Waals surface area contributed by atoms with Crippen LogP contribution in [-0.2, 0) is 43.0 Å². The summed E-state index contributed by atoms with van der Waals surface area (Å²) in [7, 11) is 1.28. The summed E-state index contributed by atoms with van der Waals surface area (Å²) >= 11 is 2.47. The molecule has 50 heavy (non-hydrogen) atoms. The van der Waals surface area contributed by atoms with Gasteiger partial charge >= 0.3 is 17.9 Å². The van der Waals surface area contributed by atoms with Gasteiger partial charge in [0.1, 0.15) is 43.1 Å². The van der Waals surface area contributed by atoms with Gasteiger partial charge in [0, 0.05) is 24.0 Å². The monoisotopic (exact) mass is 737 g/mol. The summed E-state index contributed by atoms with van der Waals surface area (Å²) in [5, 5.41) is 7.59. The van der Waals surface area contributed by atoms with Crippen molar-refractivity contribution >= 4 is 63.7 Å². The zero-order valence-corrected chi connectivity index (χ0v) is 31.0. The van der Waals surface area contributed by atoms with Crippen LogP contribution in [0.2, 0.25) is 0 Å². The summed E-state index contributed by atoms with van der Waals surface area (Å²) in [6.07, 6.45) is 13.1. The van der Waals surface area contributed by atoms with E-state index in [1.807, 2.05) is 0 Å². The first kappa shape index (κ1) is 40.8. The molecule has 2 aliphatic rings. The number of carbonyl (C=O) groups excluding carboxylic acids is 5. The van der Waals surface area contributed by atoms with Gasteiger partial charge in [-0.1, -0.05) is 83.2 Å². The minimum atomic E-state index is -1.08. The van der Waals surface area contributed by atoms with E-state index < -0.39 is 47.2 Å². The number of thioether (sulfide) groups is 1. The van der Waals surface area contributed by atoms with Crippen molar-refractivity contribution in [2.75, 3.05) is 31.8 Å². The summed E-state index contributed by atoms with van der Waals surface area (Å²) in [5.74, 6) is -2.56. The van der Waals surface area contributed by atoms with Crippen LogP contribution < -0.4 is 11.1 Å². The molecule has 2 amide bonds. The molecule has 0 spiro atoms. The lowest BCUT2D eigenvalue weighted by atomic mass is 10.0. The molecule has 278 valence electrons. The van der Waals surface area contributed by atoms with Gasteiger partial charge < -0.3 is 30.1 Å². The lowest BCUT2D eigenvalue weighted by Gasteiger charge is -2.48. The fraction of sp³-hybridized carbons (Fsp3) is 0.676. The Morgan fingerprint density at radius 3 is 2.08 bits per heavy atom. The Balaban J connectivity index is 1.57. The SMILES string of the molecule is CCCCCCCCC(=O)OCC(COC(=O)CCCCCCCC)OC(=O)C1=CCS[C@H]2C(NC(=O)C(=NOC)c3csc(N)n3)C(=O)N12. The normalized spacial score (nSPS) is 17.0. The number of nitrogens with one attached hydrogen (secondary N) is 1. The van der Waals surface area contributed by atoms with E-state index in [0.29, 0.717) is 18.6 Å². The van der Waals surface area contributed by atoms with Gasteiger partial charge in [0.05, 0.1) is 0 Å². The van der Waals surface area contributed by atoms with Gasteiger partial charge in [0.15, 0.2) is 16.9 Å². The van der Waals surface area contributed by atoms with Crippen LogP contribution in [0.1, 0.15) is 109 Å². The Kier molecular flexibility index (Phi) is 18.1. The Labute approximate surface area is 302 Å². The van der Waals surface area contributed by atoms with Crippen molar-refractivity contribution in [2.24, 2.45) is 5.16 Å². The Bertz CT molecular complexity index is 1320. The molecule has 1 fully saturated rings. The predicted molar refractivity (Wildman–Crippen MR) is 191 cm³/mol. The number of fused-ring (bicyclic) bond motifs is 1. The van der Waals surface area contributed by atoms with Gasteiger partial charge in [-0.15, -0.1) is 23.1 Å². The standard InChI is InChI=1S/C34H51N5O9S2/c1-4-6-8-10-12-14-16-26(40)46-20-23(21-47-27(41)17-15-13-11-9-7-5-2)48-33(44)25-18-19-49-32-29(31(43)39(25)32)37-30(42)28(38-45-3)24-22-50-34(35)36-24/h18,22-23,29,32H,4-17,19-21H2,1-3H3,(H2,35,36)(H,37,42)/t29?,32-/m0/s1. The fourth-order valence-electron chi connectivity index (χ4n) is 5.37. The van der Waals surface area contributed by atoms with Crippen molar-refractivity contribution in [3.63, 3.8) is 0 Å². The highest BCUT2D eigenvalue weighted by atomic mass is 32.2. The second-order valence-corrected chi connectivity index (χ2v) is 14.1. The van der Waals surface area contributed by atoms with Gasteiger partial charge in [0.25, 0.3) is 11.8 Å². The third-order valence-electron chi connectivity index (χ3n) is 8.11. The molecular weight excluding hydrogens is 687 g/mol. The van der Waals surface area contributed by atoms with Crippen LogP contribution in [0.15, 0.2) is 22.3 Å². The second-order valence-electron chi connectivity index (χ2n) is 12.1. The van der Waals surface area contributed by atoms with E-state index in [9.17, 15) is 24.0 Å². The molecule has 0 bridgehead atoms. The van der Waals surface area contributed by atoms with Crippen molar-refractivity contribution in [2.45, 2.75) is 121 Å². The van der Waals surface area contributed by atoms with E-state index in [-0.39, 0.29) is 48.3 Å². The number of esters is 3. The molecule has 3 heterocycles. The lowest BCUT2D eigenvalue weighted by Crippen LogP contribution is -2.70. The van der Waals surface area contributed by atoms with Crippen LogP contribution in [0.3, 0.4) is 0 Å². The number of anilines is 1. The molecule has 2 aliphatic heterocycles. The molecule has 1 aromatic heterocycles. The molecule has 0 radical (unpaired) electrons. The molecule has 3 N–H and O–H groups in total. The molecule has 0 saturated carbocycles. The molecule has 3 rings (SSSR count). The number of nitrogens with zero attached hydrogens (tertiary/aromatic N) is 3. The Hall–Kier alpha value is -3.66. The maximum absolute atomic E-state index is 13.4. The lowest BCUT2D eigenvalue weighted by molar-refractivity contribution is -0.167. The highest BCUT2D eigenvalue weighted by Gasteiger charge is 2.53. The molecule has 0 aliphatic carbocycles. The van der Waals surface area contributed by atoms with Gasteiger partial charge in [-0.25, -0.2) is 9.78 Å². The highest BCUT2D eigenvalue weighted by Crippen LogP contribution is 2.38. The summed E-state index contributed by atoms with van der Waals surface area (Å²) < 4.78 is 16.5. The smallest absolute Gasteiger partial charge is 0.355 e. The van der Waals surface area contributed by atoms with E-state index in [0.717, 1.165) is 75.5 Å². The van der Waals surface area contributed by atoms with Crippen LogP contribution in [0.5, 0.6) is 0 Å². The number of nitrogens with two attached hydrogens (primary N) is 1. The highest BCUT2D eigenvalue weighted by molar-refractivity contribution is 8.00. The largest absolute Gasteiger partial charge is 0.462 e. The van der Waals surface area contributed by atoms with Gasteiger partial charge in [-0.2, -0.15) is 0 Å². The number of carbonyl (C=O) groups is 5. The zero-order chi connectivity index (χ0) is 36.3. The topological polar surface area (TPSA) is 189 Å². The van der Waals surface area contributed by atoms with E-state index in [1.54, 1.807) is 11.5 Å². The Morgan fingerprint density at radius 2 is 1.54 bits per heavy atom. The van der Waals surface area contributed by atoms with E-state index in [2.05, 4.69) is 29.3 Å². The van der Waals surface area contributed by atoms with Crippen LogP contribution in [0.4, 0.5) is 5.13 Å². The summed E-state index contributed by atoms with van der Waals surface area (Å²) in [6, 6.07) is -0.955. The molecule has 16 heteroatoms. The number of nitrogen functional groups attached to an aromatic ring is 1. The van der Waals surface area contributed by atoms with Crippen molar-refractivity contribution in [1.82, 2.24) is 15.2 Å². The number of aromatic nitrogens is 1. The van der Waals surface area contributed by atoms with Crippen LogP contribution in [0.25, 0.3) is 0 Å². The predicted octanol–water partition coefficient (Wildman–Crippen LogP) is 4.86. The minimum Gasteiger partial charge on any atom is -0.462 e. The maximum Gasteiger partial charge on any atom is 0.355 e. The average molecular weight is 738 g/mol. The number of rotatable bonds is 24. The van der Waals surface area contributed by atoms with Gasteiger partial charge in [-0.05, 0) is 18.9 Å². The third-order valence-corrected chi connectivity index (χ3v) is 9.96. The molecule has 1 saturated heterocycles. The van der Waals surface area contributed by atoms with Gasteiger partial charge in [0.2, 0.25) is 0 Å². The van der Waals surface area contributed by atoms with Crippen molar-refractivity contribution in [1.29, 1.82) is 0 Å². The van der Waals surface area contributed by atoms with Crippen LogP contribution in [-0.4, -0.2) is 88.9 Å². The van der Waals surface area contributed by atoms with E-state index in [4.69, 9.17) is 24.8 Å². The van der Waals surface area contributed by atoms with Gasteiger partial charge in [-0.3, -0.25) is 24.1 Å². The number of thiazole rings is 1. The van der Waals surface area contributed by atoms with Crippen LogP contribution in [0, 0.1) is 0 Å². The molecule has 14 nitrogen and oxygen atoms in total. The Morgan fingerprint density at radius 1 is 0.960 bits per heavy atom. The number of β-lactam (4-membered cyclic amide) rings is 1. The number of hydrogen-bond donors (Lipinski definition) is 2. The summed E-state index contributed by atoms with van der Waals surface area (Å²) in [4.78, 5) is 74.8. The minimum absolute atomic E-state index is 0.0101. The number of hydrogen-bond acceptors (Lipinski definition) is 14. The average Bonchev–Trinajstić information content (AvgIpc) is 3.54. The maximum atomic E-state index is 13.4. The number of unbranched alkanes of at least 4 members (excludes halogenated alkanes) is 10. The fourth-order valence-corrected chi connectivity index (χ4v) is 7.12. The van der Waals surface area contributed by atoms with E-state index in [1.165, 1.54) is 23.8 Å². The van der Waals surface area contributed by atoms with Crippen molar-refractivity contribution in [3.8, 4) is 0 Å².